The van der Waals surface area contributed by atoms with Crippen LogP contribution in [-0.2, 0) is 13.1 Å². The number of aliphatic hydroxyl groups is 1. The number of nitrogens with zero attached hydrogens (tertiary/aromatic N) is 1. The summed E-state index contributed by atoms with van der Waals surface area (Å²) in [7, 11) is 1.59. The van der Waals surface area contributed by atoms with Crippen molar-refractivity contribution in [2.24, 2.45) is 0 Å². The lowest BCUT2D eigenvalue weighted by Gasteiger charge is -2.22. The number of likely N-dealkylation sites (N-methyl/N-ethyl adjacent to an activating group) is 1. The van der Waals surface area contributed by atoms with Crippen molar-refractivity contribution in [3.05, 3.63) is 59.4 Å². The van der Waals surface area contributed by atoms with Crippen LogP contribution in [0.5, 0.6) is 11.5 Å². The number of benzene rings is 2. The molecule has 0 radical (unpaired) electrons. The number of halogens is 1. The molecule has 0 aliphatic heterocycles. The Morgan fingerprint density at radius 1 is 1.04 bits per heavy atom. The monoisotopic (exact) mass is 390 g/mol. The number of ether oxygens (including phenoxy) is 2. The summed E-state index contributed by atoms with van der Waals surface area (Å²) >= 11 is 0. The molecule has 0 aliphatic carbocycles. The second-order valence-electron chi connectivity index (χ2n) is 6.67. The van der Waals surface area contributed by atoms with Crippen molar-refractivity contribution in [2.45, 2.75) is 33.0 Å². The molecule has 5 nitrogen and oxygen atoms in total. The number of rotatable bonds is 12. The first-order chi connectivity index (χ1) is 13.5. The van der Waals surface area contributed by atoms with Crippen LogP contribution in [0.3, 0.4) is 0 Å². The molecule has 0 saturated heterocycles. The van der Waals surface area contributed by atoms with E-state index in [9.17, 15) is 9.50 Å². The van der Waals surface area contributed by atoms with Gasteiger partial charge in [-0.1, -0.05) is 32.0 Å². The fraction of sp³-hybridized carbons (Fsp3) is 0.455. The van der Waals surface area contributed by atoms with Crippen LogP contribution in [0.15, 0.2) is 42.5 Å². The minimum atomic E-state index is -0.570. The number of hydrogen-bond acceptors (Lipinski definition) is 5. The van der Waals surface area contributed by atoms with E-state index < -0.39 is 6.10 Å². The molecule has 0 heterocycles. The van der Waals surface area contributed by atoms with Crippen LogP contribution in [-0.4, -0.2) is 49.5 Å². The van der Waals surface area contributed by atoms with Crippen molar-refractivity contribution >= 4 is 0 Å². The molecule has 2 rings (SSSR count). The predicted octanol–water partition coefficient (Wildman–Crippen LogP) is 3.21. The molecule has 0 bridgehead atoms. The molecule has 28 heavy (non-hydrogen) atoms. The Kier molecular flexibility index (Phi) is 9.20. The maximum absolute atomic E-state index is 13.2. The Morgan fingerprint density at radius 2 is 1.75 bits per heavy atom. The van der Waals surface area contributed by atoms with Crippen molar-refractivity contribution in [3.63, 3.8) is 0 Å². The summed E-state index contributed by atoms with van der Waals surface area (Å²) < 4.78 is 24.4. The van der Waals surface area contributed by atoms with Gasteiger partial charge in [-0.25, -0.2) is 4.39 Å². The molecule has 2 aromatic rings. The molecule has 0 saturated carbocycles. The SMILES string of the molecule is CCN(CC)C[C@@H](O)COc1cc(CNCc2cccc(F)c2)ccc1OC. The normalized spacial score (nSPS) is 12.2. The first-order valence-corrected chi connectivity index (χ1v) is 9.71. The molecule has 154 valence electrons. The van der Waals surface area contributed by atoms with Gasteiger partial charge in [0.1, 0.15) is 18.5 Å². The Labute approximate surface area is 167 Å². The van der Waals surface area contributed by atoms with Crippen molar-refractivity contribution in [2.75, 3.05) is 33.4 Å². The zero-order valence-corrected chi connectivity index (χ0v) is 17.0. The van der Waals surface area contributed by atoms with Gasteiger partial charge in [-0.3, -0.25) is 0 Å². The molecule has 0 aromatic heterocycles. The molecule has 1 atom stereocenters. The second-order valence-corrected chi connectivity index (χ2v) is 6.67. The zero-order valence-electron chi connectivity index (χ0n) is 17.0. The quantitative estimate of drug-likeness (QED) is 0.583. The molecule has 0 fully saturated rings. The third kappa shape index (κ3) is 7.11. The van der Waals surface area contributed by atoms with Crippen molar-refractivity contribution < 1.29 is 19.0 Å². The van der Waals surface area contributed by atoms with E-state index in [-0.39, 0.29) is 12.4 Å². The number of nitrogens with one attached hydrogen (secondary N) is 1. The van der Waals surface area contributed by atoms with Crippen molar-refractivity contribution in [3.8, 4) is 11.5 Å². The van der Waals surface area contributed by atoms with Gasteiger partial charge >= 0.3 is 0 Å². The molecule has 0 unspecified atom stereocenters. The molecule has 0 amide bonds. The van der Waals surface area contributed by atoms with Gasteiger partial charge in [0.05, 0.1) is 7.11 Å². The van der Waals surface area contributed by atoms with Crippen LogP contribution in [0, 0.1) is 5.82 Å². The van der Waals surface area contributed by atoms with Crippen molar-refractivity contribution in [1.29, 1.82) is 0 Å². The summed E-state index contributed by atoms with van der Waals surface area (Å²) in [5.41, 5.74) is 1.91. The summed E-state index contributed by atoms with van der Waals surface area (Å²) in [5.74, 6) is 0.998. The smallest absolute Gasteiger partial charge is 0.161 e. The molecule has 2 aromatic carbocycles. The third-order valence-corrected chi connectivity index (χ3v) is 4.57. The average Bonchev–Trinajstić information content (AvgIpc) is 2.70. The molecule has 0 spiro atoms. The highest BCUT2D eigenvalue weighted by Gasteiger charge is 2.12. The largest absolute Gasteiger partial charge is 0.493 e. The van der Waals surface area contributed by atoms with Gasteiger partial charge in [0.2, 0.25) is 0 Å². The minimum Gasteiger partial charge on any atom is -0.493 e. The fourth-order valence-electron chi connectivity index (χ4n) is 2.96. The number of aliphatic hydroxyl groups excluding tert-OH is 1. The van der Waals surface area contributed by atoms with E-state index in [2.05, 4.69) is 24.1 Å². The molecule has 6 heteroatoms. The van der Waals surface area contributed by atoms with E-state index in [1.54, 1.807) is 13.2 Å². The Hall–Kier alpha value is -2.15. The lowest BCUT2D eigenvalue weighted by Crippen LogP contribution is -2.35. The van der Waals surface area contributed by atoms with Crippen LogP contribution in [0.1, 0.15) is 25.0 Å². The van der Waals surface area contributed by atoms with Gasteiger partial charge in [0.15, 0.2) is 11.5 Å². The third-order valence-electron chi connectivity index (χ3n) is 4.57. The van der Waals surface area contributed by atoms with Crippen LogP contribution in [0.25, 0.3) is 0 Å². The topological polar surface area (TPSA) is 54.0 Å². The van der Waals surface area contributed by atoms with E-state index in [0.29, 0.717) is 31.1 Å². The number of methoxy groups -OCH3 is 1. The van der Waals surface area contributed by atoms with E-state index in [1.807, 2.05) is 24.3 Å². The first-order valence-electron chi connectivity index (χ1n) is 9.71. The summed E-state index contributed by atoms with van der Waals surface area (Å²) in [6, 6.07) is 12.3. The lowest BCUT2D eigenvalue weighted by atomic mass is 10.2. The summed E-state index contributed by atoms with van der Waals surface area (Å²) in [6.07, 6.45) is -0.570. The highest BCUT2D eigenvalue weighted by Crippen LogP contribution is 2.28. The number of hydrogen-bond donors (Lipinski definition) is 2. The van der Waals surface area contributed by atoms with Crippen LogP contribution < -0.4 is 14.8 Å². The zero-order chi connectivity index (χ0) is 20.4. The molecule has 2 N–H and O–H groups in total. The van der Waals surface area contributed by atoms with Crippen LogP contribution in [0.2, 0.25) is 0 Å². The fourth-order valence-corrected chi connectivity index (χ4v) is 2.96. The summed E-state index contributed by atoms with van der Waals surface area (Å²) in [4.78, 5) is 2.15. The summed E-state index contributed by atoms with van der Waals surface area (Å²) in [5, 5.41) is 13.5. The van der Waals surface area contributed by atoms with Crippen LogP contribution >= 0.6 is 0 Å². The first kappa shape index (κ1) is 22.1. The van der Waals surface area contributed by atoms with Gasteiger partial charge < -0.3 is 24.8 Å². The van der Waals surface area contributed by atoms with E-state index >= 15 is 0 Å². The highest BCUT2D eigenvalue weighted by molar-refractivity contribution is 5.43. The predicted molar refractivity (Wildman–Crippen MR) is 109 cm³/mol. The Morgan fingerprint density at radius 3 is 2.39 bits per heavy atom. The van der Waals surface area contributed by atoms with E-state index in [0.717, 1.165) is 24.2 Å². The van der Waals surface area contributed by atoms with Gasteiger partial charge in [-0.05, 0) is 48.5 Å². The minimum absolute atomic E-state index is 0.201. The average molecular weight is 390 g/mol. The van der Waals surface area contributed by atoms with Gasteiger partial charge in [-0.15, -0.1) is 0 Å². The maximum atomic E-state index is 13.2. The second kappa shape index (κ2) is 11.6. The van der Waals surface area contributed by atoms with Gasteiger partial charge in [-0.2, -0.15) is 0 Å². The van der Waals surface area contributed by atoms with E-state index in [4.69, 9.17) is 9.47 Å². The molecule has 0 aliphatic rings. The van der Waals surface area contributed by atoms with Crippen LogP contribution in [0.4, 0.5) is 4.39 Å². The maximum Gasteiger partial charge on any atom is 0.161 e. The van der Waals surface area contributed by atoms with Gasteiger partial charge in [0.25, 0.3) is 0 Å². The highest BCUT2D eigenvalue weighted by atomic mass is 19.1. The summed E-state index contributed by atoms with van der Waals surface area (Å²) in [6.45, 7) is 7.88. The van der Waals surface area contributed by atoms with Gasteiger partial charge in [0, 0.05) is 19.6 Å². The Balaban J connectivity index is 1.91. The van der Waals surface area contributed by atoms with Crippen molar-refractivity contribution in [1.82, 2.24) is 10.2 Å². The Bertz CT molecular complexity index is 723. The molecular weight excluding hydrogens is 359 g/mol. The molecular formula is C22H31FN2O3. The van der Waals surface area contributed by atoms with E-state index in [1.165, 1.54) is 12.1 Å². The standard InChI is InChI=1S/C22H31FN2O3/c1-4-25(5-2)15-20(26)16-28-22-12-18(9-10-21(22)27-3)14-24-13-17-7-6-8-19(23)11-17/h6-12,20,24,26H,4-5,13-16H2,1-3H3/t20-/m1/s1. The lowest BCUT2D eigenvalue weighted by molar-refractivity contribution is 0.0705.